The van der Waals surface area contributed by atoms with Crippen molar-refractivity contribution in [3.63, 3.8) is 0 Å². The molecule has 0 saturated carbocycles. The first kappa shape index (κ1) is 14.7. The second-order valence-electron chi connectivity index (χ2n) is 3.73. The molecule has 102 valence electrons. The van der Waals surface area contributed by atoms with Crippen molar-refractivity contribution >= 4 is 22.4 Å². The summed E-state index contributed by atoms with van der Waals surface area (Å²) in [6, 6.07) is 0. The number of aryl methyl sites for hydroxylation is 1. The molecule has 0 spiro atoms. The molecule has 2 N–H and O–H groups in total. The number of halogens is 3. The number of anilines is 1. The Morgan fingerprint density at radius 2 is 2.11 bits per heavy atom. The van der Waals surface area contributed by atoms with E-state index in [0.29, 0.717) is 23.0 Å². The highest BCUT2D eigenvalue weighted by Gasteiger charge is 2.25. The van der Waals surface area contributed by atoms with Crippen LogP contribution in [0.15, 0.2) is 0 Å². The number of rotatable bonds is 6. The highest BCUT2D eigenvalue weighted by atomic mass is 32.1. The highest BCUT2D eigenvalue weighted by Crippen LogP contribution is 2.23. The van der Waals surface area contributed by atoms with Gasteiger partial charge >= 0.3 is 12.1 Å². The van der Waals surface area contributed by atoms with Gasteiger partial charge in [0.15, 0.2) is 10.8 Å². The topological polar surface area (TPSA) is 62.2 Å². The van der Waals surface area contributed by atoms with Gasteiger partial charge in [-0.3, -0.25) is 0 Å². The van der Waals surface area contributed by atoms with Crippen LogP contribution in [0.5, 0.6) is 0 Å². The Balaban J connectivity index is 2.32. The van der Waals surface area contributed by atoms with Gasteiger partial charge in [0.2, 0.25) is 0 Å². The molecule has 8 heteroatoms. The summed E-state index contributed by atoms with van der Waals surface area (Å²) in [6.07, 6.45) is -4.51. The van der Waals surface area contributed by atoms with E-state index in [0.717, 1.165) is 0 Å². The van der Waals surface area contributed by atoms with Gasteiger partial charge in [-0.2, -0.15) is 13.2 Å². The van der Waals surface area contributed by atoms with Crippen LogP contribution in [0.2, 0.25) is 0 Å². The van der Waals surface area contributed by atoms with Crippen LogP contribution in [-0.2, 0) is 0 Å². The van der Waals surface area contributed by atoms with Gasteiger partial charge < -0.3 is 10.4 Å². The molecule has 1 aromatic heterocycles. The molecule has 0 radical (unpaired) electrons. The molecule has 1 aromatic rings. The van der Waals surface area contributed by atoms with Gasteiger partial charge in [-0.25, -0.2) is 9.78 Å². The highest BCUT2D eigenvalue weighted by molar-refractivity contribution is 7.15. The molecule has 0 aliphatic heterocycles. The zero-order valence-electron chi connectivity index (χ0n) is 9.67. The second-order valence-corrected chi connectivity index (χ2v) is 4.93. The normalized spacial score (nSPS) is 11.6. The summed E-state index contributed by atoms with van der Waals surface area (Å²) >= 11 is 1.18. The molecule has 0 aromatic carbocycles. The fourth-order valence-corrected chi connectivity index (χ4v) is 2.15. The van der Waals surface area contributed by atoms with Gasteiger partial charge in [0, 0.05) is 17.8 Å². The summed E-state index contributed by atoms with van der Waals surface area (Å²) < 4.78 is 35.6. The molecular weight excluding hydrogens is 269 g/mol. The maximum absolute atomic E-state index is 11.9. The van der Waals surface area contributed by atoms with E-state index < -0.39 is 18.6 Å². The summed E-state index contributed by atoms with van der Waals surface area (Å²) in [5, 5.41) is 12.0. The van der Waals surface area contributed by atoms with E-state index >= 15 is 0 Å². The number of carbonyl (C=O) groups is 1. The molecule has 4 nitrogen and oxygen atoms in total. The maximum atomic E-state index is 11.9. The minimum atomic E-state index is -4.12. The molecule has 0 amide bonds. The lowest BCUT2D eigenvalue weighted by molar-refractivity contribution is -0.135. The molecule has 0 aliphatic rings. The first-order chi connectivity index (χ1) is 8.29. The summed E-state index contributed by atoms with van der Waals surface area (Å²) in [5.74, 6) is -1.10. The first-order valence-corrected chi connectivity index (χ1v) is 6.12. The van der Waals surface area contributed by atoms with E-state index in [4.69, 9.17) is 5.11 Å². The van der Waals surface area contributed by atoms with Gasteiger partial charge in [0.05, 0.1) is 0 Å². The van der Waals surface area contributed by atoms with Gasteiger partial charge in [-0.15, -0.1) is 11.3 Å². The fraction of sp³-hybridized carbons (Fsp3) is 0.600. The SMILES string of the molecule is Cc1sc(NCCCCC(F)(F)F)nc1C(=O)O. The van der Waals surface area contributed by atoms with E-state index in [9.17, 15) is 18.0 Å². The largest absolute Gasteiger partial charge is 0.476 e. The van der Waals surface area contributed by atoms with E-state index in [1.54, 1.807) is 6.92 Å². The molecule has 0 bridgehead atoms. The summed E-state index contributed by atoms with van der Waals surface area (Å²) in [4.78, 5) is 15.1. The molecular formula is C10H13F3N2O2S. The zero-order chi connectivity index (χ0) is 13.8. The van der Waals surface area contributed by atoms with Crippen LogP contribution in [0.3, 0.4) is 0 Å². The van der Waals surface area contributed by atoms with Crippen molar-refractivity contribution in [3.05, 3.63) is 10.6 Å². The Bertz CT molecular complexity index is 418. The lowest BCUT2D eigenvalue weighted by Gasteiger charge is -2.05. The number of nitrogens with one attached hydrogen (secondary N) is 1. The minimum Gasteiger partial charge on any atom is -0.476 e. The van der Waals surface area contributed by atoms with Crippen LogP contribution in [0, 0.1) is 6.92 Å². The number of aromatic carboxylic acids is 1. The van der Waals surface area contributed by atoms with Crippen LogP contribution in [0.25, 0.3) is 0 Å². The third kappa shape index (κ3) is 4.91. The second kappa shape index (κ2) is 6.03. The van der Waals surface area contributed by atoms with Crippen LogP contribution in [-0.4, -0.2) is 28.8 Å². The van der Waals surface area contributed by atoms with E-state index in [1.165, 1.54) is 11.3 Å². The van der Waals surface area contributed by atoms with Crippen molar-refractivity contribution in [2.24, 2.45) is 0 Å². The molecule has 0 fully saturated rings. The molecule has 1 rings (SSSR count). The number of nitrogens with zero attached hydrogens (tertiary/aromatic N) is 1. The van der Waals surface area contributed by atoms with E-state index in [1.807, 2.05) is 0 Å². The number of aromatic nitrogens is 1. The van der Waals surface area contributed by atoms with Gasteiger partial charge in [0.1, 0.15) is 0 Å². The van der Waals surface area contributed by atoms with Crippen LogP contribution in [0.1, 0.15) is 34.6 Å². The van der Waals surface area contributed by atoms with Crippen LogP contribution in [0.4, 0.5) is 18.3 Å². The number of carboxylic acid groups (broad SMARTS) is 1. The summed E-state index contributed by atoms with van der Waals surface area (Å²) in [7, 11) is 0. The number of thiazole rings is 1. The predicted molar refractivity (Wildman–Crippen MR) is 62.2 cm³/mol. The third-order valence-electron chi connectivity index (χ3n) is 2.16. The van der Waals surface area contributed by atoms with Crippen LogP contribution >= 0.6 is 11.3 Å². The van der Waals surface area contributed by atoms with E-state index in [2.05, 4.69) is 10.3 Å². The number of carboxylic acids is 1. The molecule has 18 heavy (non-hydrogen) atoms. The lowest BCUT2D eigenvalue weighted by Crippen LogP contribution is -2.08. The van der Waals surface area contributed by atoms with Crippen molar-refractivity contribution in [1.29, 1.82) is 0 Å². The molecule has 0 atom stereocenters. The average molecular weight is 282 g/mol. The maximum Gasteiger partial charge on any atom is 0.389 e. The monoisotopic (exact) mass is 282 g/mol. The standard InChI is InChI=1S/C10H13F3N2O2S/c1-6-7(8(16)17)15-9(18-6)14-5-3-2-4-10(11,12)13/h2-5H2,1H3,(H,14,15)(H,16,17). The Morgan fingerprint density at radius 1 is 1.44 bits per heavy atom. The Hall–Kier alpha value is -1.31. The minimum absolute atomic E-state index is 0.0159. The molecule has 0 unspecified atom stereocenters. The third-order valence-corrected chi connectivity index (χ3v) is 3.09. The van der Waals surface area contributed by atoms with Gasteiger partial charge in [-0.05, 0) is 19.8 Å². The number of alkyl halides is 3. The van der Waals surface area contributed by atoms with Crippen molar-refractivity contribution in [3.8, 4) is 0 Å². The van der Waals surface area contributed by atoms with Gasteiger partial charge in [0.25, 0.3) is 0 Å². The Labute approximate surface area is 106 Å². The smallest absolute Gasteiger partial charge is 0.389 e. The van der Waals surface area contributed by atoms with Gasteiger partial charge in [-0.1, -0.05) is 0 Å². The Kier molecular flexibility index (Phi) is 4.94. The number of hydrogen-bond acceptors (Lipinski definition) is 4. The van der Waals surface area contributed by atoms with Crippen molar-refractivity contribution < 1.29 is 23.1 Å². The van der Waals surface area contributed by atoms with Crippen molar-refractivity contribution in [2.75, 3.05) is 11.9 Å². The number of hydrogen-bond donors (Lipinski definition) is 2. The lowest BCUT2D eigenvalue weighted by atomic mass is 10.2. The first-order valence-electron chi connectivity index (χ1n) is 5.31. The molecule has 0 saturated heterocycles. The Morgan fingerprint density at radius 3 is 2.61 bits per heavy atom. The van der Waals surface area contributed by atoms with Crippen molar-refractivity contribution in [2.45, 2.75) is 32.4 Å². The quantitative estimate of drug-likeness (QED) is 0.786. The van der Waals surface area contributed by atoms with Crippen molar-refractivity contribution in [1.82, 2.24) is 4.98 Å². The van der Waals surface area contributed by atoms with Crippen LogP contribution < -0.4 is 5.32 Å². The number of unbranched alkanes of at least 4 members (excludes halogenated alkanes) is 1. The predicted octanol–water partition coefficient (Wildman–Crippen LogP) is 3.29. The zero-order valence-corrected chi connectivity index (χ0v) is 10.5. The fourth-order valence-electron chi connectivity index (χ4n) is 1.32. The average Bonchev–Trinajstić information content (AvgIpc) is 2.57. The molecule has 0 aliphatic carbocycles. The summed E-state index contributed by atoms with van der Waals surface area (Å²) in [6.45, 7) is 1.98. The van der Waals surface area contributed by atoms with E-state index in [-0.39, 0.29) is 12.1 Å². The molecule has 1 heterocycles. The summed E-state index contributed by atoms with van der Waals surface area (Å²) in [5.41, 5.74) is -0.0159.